The molecule has 0 spiro atoms. The van der Waals surface area contributed by atoms with Crippen LogP contribution >= 0.6 is 0 Å². The van der Waals surface area contributed by atoms with Gasteiger partial charge in [0.2, 0.25) is 0 Å². The van der Waals surface area contributed by atoms with Crippen molar-refractivity contribution in [3.05, 3.63) is 146 Å². The van der Waals surface area contributed by atoms with Crippen molar-refractivity contribution in [2.45, 2.75) is 25.7 Å². The Balaban J connectivity index is 0. The molecule has 0 atom stereocenters. The fraction of sp³-hybridized carbons (Fsp3) is 0.235. The van der Waals surface area contributed by atoms with Crippen molar-refractivity contribution in [2.24, 2.45) is 0 Å². The molecule has 0 amide bonds. The second-order valence-electron chi connectivity index (χ2n) is 7.55. The van der Waals surface area contributed by atoms with Gasteiger partial charge in [-0.05, 0) is 25.7 Å². The van der Waals surface area contributed by atoms with Gasteiger partial charge in [-0.3, -0.25) is 11.8 Å². The van der Waals surface area contributed by atoms with Crippen LogP contribution in [0.5, 0.6) is 0 Å². The van der Waals surface area contributed by atoms with Gasteiger partial charge in [-0.2, -0.15) is 18.2 Å². The molecule has 0 N–H and O–H groups in total. The predicted molar refractivity (Wildman–Crippen MR) is 150 cm³/mol. The molecule has 0 bridgehead atoms. The molecular weight excluding hydrogens is 550 g/mol. The Labute approximate surface area is 252 Å². The van der Waals surface area contributed by atoms with E-state index in [1.165, 1.54) is 25.7 Å². The van der Waals surface area contributed by atoms with Crippen LogP contribution in [0.25, 0.3) is 0 Å². The van der Waals surface area contributed by atoms with Crippen LogP contribution < -0.4 is 0 Å². The van der Waals surface area contributed by atoms with Gasteiger partial charge in [0.25, 0.3) is 0 Å². The molecular formula is C34H36Mn2O2. The molecule has 0 unspecified atom stereocenters. The van der Waals surface area contributed by atoms with Crippen molar-refractivity contribution < 1.29 is 43.6 Å². The van der Waals surface area contributed by atoms with E-state index in [4.69, 9.17) is 22.3 Å². The zero-order valence-electron chi connectivity index (χ0n) is 21.8. The molecule has 2 nitrogen and oxygen atoms in total. The van der Waals surface area contributed by atoms with Crippen molar-refractivity contribution in [1.29, 1.82) is 0 Å². The molecule has 3 aromatic rings. The van der Waals surface area contributed by atoms with Crippen LogP contribution in [-0.2, 0) is 43.6 Å². The first-order chi connectivity index (χ1) is 17.9. The van der Waals surface area contributed by atoms with Crippen LogP contribution in [0.2, 0.25) is 0 Å². The molecule has 4 heteroatoms. The molecule has 2 heterocycles. The first kappa shape index (κ1) is 37.6. The topological polar surface area (TPSA) is 18.5 Å². The van der Waals surface area contributed by atoms with Gasteiger partial charge >= 0.3 is 34.1 Å². The van der Waals surface area contributed by atoms with Crippen LogP contribution in [0.15, 0.2) is 103 Å². The summed E-state index contributed by atoms with van der Waals surface area (Å²) in [7, 11) is 0. The Morgan fingerprint density at radius 1 is 0.605 bits per heavy atom. The molecule has 0 aromatic heterocycles. The van der Waals surface area contributed by atoms with Crippen molar-refractivity contribution in [3.63, 3.8) is 0 Å². The van der Waals surface area contributed by atoms with Crippen LogP contribution in [-0.4, -0.2) is 26.4 Å². The predicted octanol–water partition coefficient (Wildman–Crippen LogP) is 7.41. The Kier molecular flexibility index (Phi) is 30.4. The number of hydrogen-bond donors (Lipinski definition) is 0. The second-order valence-corrected chi connectivity index (χ2v) is 7.55. The van der Waals surface area contributed by atoms with Gasteiger partial charge in [0, 0.05) is 26.4 Å². The molecule has 3 aromatic carbocycles. The Morgan fingerprint density at radius 2 is 1.03 bits per heavy atom. The summed E-state index contributed by atoms with van der Waals surface area (Å²) < 4.78 is 9.89. The van der Waals surface area contributed by atoms with Crippen molar-refractivity contribution >= 4 is 0 Å². The van der Waals surface area contributed by atoms with E-state index in [0.717, 1.165) is 37.6 Å². The van der Waals surface area contributed by atoms with Crippen LogP contribution in [0.4, 0.5) is 0 Å². The van der Waals surface area contributed by atoms with E-state index < -0.39 is 0 Å². The van der Waals surface area contributed by atoms with Crippen LogP contribution in [0, 0.1) is 44.0 Å². The molecule has 1 aliphatic carbocycles. The normalized spacial score (nSPS) is 13.2. The average Bonchev–Trinajstić information content (AvgIpc) is 3.81. The first-order valence-corrected chi connectivity index (χ1v) is 12.3. The summed E-state index contributed by atoms with van der Waals surface area (Å²) in [6.07, 6.45) is 28.5. The fourth-order valence-electron chi connectivity index (χ4n) is 2.71. The quantitative estimate of drug-likeness (QED) is 0.155. The monoisotopic (exact) mass is 586 g/mol. The van der Waals surface area contributed by atoms with Crippen molar-refractivity contribution in [2.75, 3.05) is 26.4 Å². The van der Waals surface area contributed by atoms with E-state index in [0.29, 0.717) is 0 Å². The minimum Gasteiger partial charge on any atom is -0.381 e. The molecule has 2 fully saturated rings. The number of allylic oxidation sites excluding steroid dienone is 2. The van der Waals surface area contributed by atoms with Gasteiger partial charge in [-0.1, -0.05) is 36.4 Å². The second kappa shape index (κ2) is 30.7. The van der Waals surface area contributed by atoms with Crippen molar-refractivity contribution in [3.8, 4) is 11.8 Å². The standard InChI is InChI=1S/2C8H5.2C5H5.2C4H8O.2Mn/c2*1-2-8-6-4-3-5-7-8;4*1-2-4-5-3-1;;/h2*3-7H;2*1-5H;2*1-4H2;;/q4*-1;;;2*+2. The zero-order valence-corrected chi connectivity index (χ0v) is 24.1. The third kappa shape index (κ3) is 25.1. The molecule has 2 aliphatic heterocycles. The van der Waals surface area contributed by atoms with E-state index in [1.54, 1.807) is 0 Å². The Morgan fingerprint density at radius 3 is 1.18 bits per heavy atom. The minimum absolute atomic E-state index is 0. The summed E-state index contributed by atoms with van der Waals surface area (Å²) in [4.78, 5) is 0. The van der Waals surface area contributed by atoms with E-state index in [9.17, 15) is 0 Å². The third-order valence-corrected chi connectivity index (χ3v) is 4.60. The van der Waals surface area contributed by atoms with Crippen molar-refractivity contribution in [1.82, 2.24) is 0 Å². The van der Waals surface area contributed by atoms with Crippen LogP contribution in [0.1, 0.15) is 36.8 Å². The molecule has 0 saturated carbocycles. The summed E-state index contributed by atoms with van der Waals surface area (Å²) in [5.74, 6) is 4.55. The summed E-state index contributed by atoms with van der Waals surface area (Å²) in [5.41, 5.74) is 1.65. The van der Waals surface area contributed by atoms with E-state index in [1.807, 2.05) is 122 Å². The summed E-state index contributed by atoms with van der Waals surface area (Å²) >= 11 is 0. The van der Waals surface area contributed by atoms with Gasteiger partial charge in [0.15, 0.2) is 0 Å². The van der Waals surface area contributed by atoms with Gasteiger partial charge in [0.05, 0.1) is 0 Å². The molecule has 4 radical (unpaired) electrons. The van der Waals surface area contributed by atoms with E-state index in [2.05, 4.69) is 11.8 Å². The molecule has 3 aliphatic rings. The average molecular weight is 587 g/mol. The fourth-order valence-corrected chi connectivity index (χ4v) is 2.71. The summed E-state index contributed by atoms with van der Waals surface area (Å²) in [6.45, 7) is 4.00. The third-order valence-electron chi connectivity index (χ3n) is 4.60. The van der Waals surface area contributed by atoms with Gasteiger partial charge in [0.1, 0.15) is 0 Å². The zero-order chi connectivity index (χ0) is 25.8. The number of rotatable bonds is 0. The Bertz CT molecular complexity index is 834. The van der Waals surface area contributed by atoms with Gasteiger partial charge < -0.3 is 22.3 Å². The molecule has 198 valence electrons. The maximum Gasteiger partial charge on any atom is 2.00 e. The SMILES string of the molecule is C1CCOC1.C1CCOC1.[C-]#Cc1ccccc1.[C-]#Cc1ccccc1.[CH]1[CH][CH-]C=C1.[Mn+2].[Mn+2].c1cc[cH-]c1. The van der Waals surface area contributed by atoms with E-state index in [-0.39, 0.29) is 34.1 Å². The first-order valence-electron chi connectivity index (χ1n) is 12.3. The molecule has 6 rings (SSSR count). The Hall–Kier alpha value is -2.52. The number of ether oxygens (including phenoxy) is 2. The minimum atomic E-state index is 0. The van der Waals surface area contributed by atoms with E-state index >= 15 is 0 Å². The van der Waals surface area contributed by atoms with Gasteiger partial charge in [-0.15, -0.1) is 48.2 Å². The summed E-state index contributed by atoms with van der Waals surface area (Å²) in [6, 6.07) is 28.7. The molecule has 38 heavy (non-hydrogen) atoms. The maximum atomic E-state index is 6.69. The smallest absolute Gasteiger partial charge is 0.381 e. The maximum absolute atomic E-state index is 6.69. The largest absolute Gasteiger partial charge is 2.00 e. The van der Waals surface area contributed by atoms with Crippen LogP contribution in [0.3, 0.4) is 0 Å². The summed E-state index contributed by atoms with van der Waals surface area (Å²) in [5, 5.41) is 0. The number of hydrogen-bond acceptors (Lipinski definition) is 2. The van der Waals surface area contributed by atoms with Gasteiger partial charge in [-0.25, -0.2) is 30.7 Å². The number of benzene rings is 2. The molecule has 2 saturated heterocycles.